The minimum Gasteiger partial charge on any atom is -0.480 e. The fourth-order valence-electron chi connectivity index (χ4n) is 1.32. The van der Waals surface area contributed by atoms with Crippen LogP contribution in [0.4, 0.5) is 0 Å². The van der Waals surface area contributed by atoms with Gasteiger partial charge in [-0.2, -0.15) is 0 Å². The number of rotatable bonds is 8. The lowest BCUT2D eigenvalue weighted by atomic mass is 10.2. The van der Waals surface area contributed by atoms with Gasteiger partial charge in [0.05, 0.1) is 0 Å². The zero-order valence-electron chi connectivity index (χ0n) is 10.2. The molecule has 5 nitrogen and oxygen atoms in total. The first kappa shape index (κ1) is 14.9. The van der Waals surface area contributed by atoms with Gasteiger partial charge < -0.3 is 14.7 Å². The predicted octanol–water partition coefficient (Wildman–Crippen LogP) is 1.12. The summed E-state index contributed by atoms with van der Waals surface area (Å²) in [4.78, 5) is 23.6. The van der Waals surface area contributed by atoms with Gasteiger partial charge in [-0.15, -0.1) is 0 Å². The van der Waals surface area contributed by atoms with E-state index >= 15 is 0 Å². The third-order valence-corrected chi connectivity index (χ3v) is 2.13. The Morgan fingerprint density at radius 1 is 1.38 bits per heavy atom. The molecule has 0 aliphatic carbocycles. The number of amides is 1. The Morgan fingerprint density at radius 3 is 2.44 bits per heavy atom. The van der Waals surface area contributed by atoms with Crippen LogP contribution in [0.25, 0.3) is 0 Å². The van der Waals surface area contributed by atoms with E-state index in [1.807, 2.05) is 20.8 Å². The highest BCUT2D eigenvalue weighted by atomic mass is 16.5. The lowest BCUT2D eigenvalue weighted by Crippen LogP contribution is -2.40. The van der Waals surface area contributed by atoms with Crippen molar-refractivity contribution in [3.05, 3.63) is 0 Å². The molecule has 1 amide bonds. The predicted molar refractivity (Wildman–Crippen MR) is 60.2 cm³/mol. The Kier molecular flexibility index (Phi) is 7.54. The number of carbonyl (C=O) groups excluding carboxylic acids is 1. The van der Waals surface area contributed by atoms with Crippen molar-refractivity contribution in [1.82, 2.24) is 4.90 Å². The van der Waals surface area contributed by atoms with Crippen LogP contribution >= 0.6 is 0 Å². The second-order valence-electron chi connectivity index (χ2n) is 3.81. The second-order valence-corrected chi connectivity index (χ2v) is 3.81. The molecule has 0 aromatic carbocycles. The van der Waals surface area contributed by atoms with Crippen molar-refractivity contribution in [3.63, 3.8) is 0 Å². The highest BCUT2D eigenvalue weighted by molar-refractivity contribution is 5.81. The molecule has 0 aromatic rings. The molecule has 0 fully saturated rings. The fraction of sp³-hybridized carbons (Fsp3) is 0.818. The zero-order chi connectivity index (χ0) is 12.6. The number of nitrogens with zero attached hydrogens (tertiary/aromatic N) is 1. The molecule has 16 heavy (non-hydrogen) atoms. The minimum absolute atomic E-state index is 0.0873. The van der Waals surface area contributed by atoms with Gasteiger partial charge in [0.1, 0.15) is 6.54 Å². The Bertz CT molecular complexity index is 228. The van der Waals surface area contributed by atoms with E-state index in [0.29, 0.717) is 26.1 Å². The average molecular weight is 231 g/mol. The van der Waals surface area contributed by atoms with E-state index < -0.39 is 5.97 Å². The minimum atomic E-state index is -0.980. The molecule has 5 heteroatoms. The zero-order valence-corrected chi connectivity index (χ0v) is 10.2. The molecule has 0 bridgehead atoms. The Balaban J connectivity index is 4.02. The quantitative estimate of drug-likeness (QED) is 0.636. The van der Waals surface area contributed by atoms with Crippen LogP contribution in [-0.2, 0) is 14.3 Å². The average Bonchev–Trinajstić information content (AvgIpc) is 2.20. The molecule has 0 aliphatic heterocycles. The standard InChI is InChI=1S/C11H21NO4/c1-4-16-7-5-6-10(13)12(9(2)3)8-11(14)15/h9H,4-8H2,1-3H3,(H,14,15). The smallest absolute Gasteiger partial charge is 0.323 e. The lowest BCUT2D eigenvalue weighted by molar-refractivity contribution is -0.145. The van der Waals surface area contributed by atoms with Crippen molar-refractivity contribution in [1.29, 1.82) is 0 Å². The van der Waals surface area contributed by atoms with Crippen LogP contribution in [-0.4, -0.2) is 47.7 Å². The summed E-state index contributed by atoms with van der Waals surface area (Å²) >= 11 is 0. The van der Waals surface area contributed by atoms with Crippen LogP contribution < -0.4 is 0 Å². The molecule has 94 valence electrons. The number of hydrogen-bond acceptors (Lipinski definition) is 3. The third kappa shape index (κ3) is 6.40. The molecule has 0 saturated carbocycles. The van der Waals surface area contributed by atoms with E-state index in [9.17, 15) is 9.59 Å². The van der Waals surface area contributed by atoms with Crippen molar-refractivity contribution in [2.24, 2.45) is 0 Å². The highest BCUT2D eigenvalue weighted by Gasteiger charge is 2.18. The summed E-state index contributed by atoms with van der Waals surface area (Å²) in [6.45, 7) is 6.46. The summed E-state index contributed by atoms with van der Waals surface area (Å²) < 4.78 is 5.12. The molecule has 0 rings (SSSR count). The molecule has 0 atom stereocenters. The van der Waals surface area contributed by atoms with Crippen molar-refractivity contribution in [3.8, 4) is 0 Å². The summed E-state index contributed by atoms with van der Waals surface area (Å²) in [5, 5.41) is 8.67. The molecule has 0 aliphatic rings. The van der Waals surface area contributed by atoms with E-state index in [1.54, 1.807) is 0 Å². The van der Waals surface area contributed by atoms with Gasteiger partial charge in [0.15, 0.2) is 0 Å². The van der Waals surface area contributed by atoms with Crippen molar-refractivity contribution in [2.45, 2.75) is 39.7 Å². The number of aliphatic carboxylic acids is 1. The van der Waals surface area contributed by atoms with Gasteiger partial charge in [0, 0.05) is 25.7 Å². The monoisotopic (exact) mass is 231 g/mol. The van der Waals surface area contributed by atoms with Gasteiger partial charge in [0.2, 0.25) is 5.91 Å². The lowest BCUT2D eigenvalue weighted by Gasteiger charge is -2.24. The van der Waals surface area contributed by atoms with Gasteiger partial charge in [0.25, 0.3) is 0 Å². The van der Waals surface area contributed by atoms with E-state index in [-0.39, 0.29) is 18.5 Å². The first-order valence-electron chi connectivity index (χ1n) is 5.58. The van der Waals surface area contributed by atoms with Gasteiger partial charge in [-0.1, -0.05) is 0 Å². The molecule has 0 aromatic heterocycles. The molecule has 0 spiro atoms. The largest absolute Gasteiger partial charge is 0.480 e. The summed E-state index contributed by atoms with van der Waals surface area (Å²) in [6, 6.07) is -0.0873. The fourth-order valence-corrected chi connectivity index (χ4v) is 1.32. The van der Waals surface area contributed by atoms with E-state index in [1.165, 1.54) is 4.90 Å². The third-order valence-electron chi connectivity index (χ3n) is 2.13. The SMILES string of the molecule is CCOCCCC(=O)N(CC(=O)O)C(C)C. The van der Waals surface area contributed by atoms with Crippen LogP contribution in [0.3, 0.4) is 0 Å². The van der Waals surface area contributed by atoms with Crippen molar-refractivity contribution < 1.29 is 19.4 Å². The van der Waals surface area contributed by atoms with E-state index in [0.717, 1.165) is 0 Å². The molecule has 0 unspecified atom stereocenters. The highest BCUT2D eigenvalue weighted by Crippen LogP contribution is 2.03. The number of carboxylic acids is 1. The normalized spacial score (nSPS) is 10.5. The number of hydrogen-bond donors (Lipinski definition) is 1. The summed E-state index contributed by atoms with van der Waals surface area (Å²) in [5.41, 5.74) is 0. The Morgan fingerprint density at radius 2 is 2.00 bits per heavy atom. The van der Waals surface area contributed by atoms with Crippen LogP contribution in [0.1, 0.15) is 33.6 Å². The van der Waals surface area contributed by atoms with Gasteiger partial charge >= 0.3 is 5.97 Å². The summed E-state index contributed by atoms with van der Waals surface area (Å²) in [5.74, 6) is -1.11. The van der Waals surface area contributed by atoms with Gasteiger partial charge in [-0.3, -0.25) is 9.59 Å². The number of carbonyl (C=O) groups is 2. The van der Waals surface area contributed by atoms with Crippen LogP contribution in [0, 0.1) is 0 Å². The summed E-state index contributed by atoms with van der Waals surface area (Å²) in [6.07, 6.45) is 0.973. The van der Waals surface area contributed by atoms with Crippen LogP contribution in [0.2, 0.25) is 0 Å². The maximum Gasteiger partial charge on any atom is 0.323 e. The van der Waals surface area contributed by atoms with Crippen LogP contribution in [0.5, 0.6) is 0 Å². The van der Waals surface area contributed by atoms with Crippen molar-refractivity contribution in [2.75, 3.05) is 19.8 Å². The summed E-state index contributed by atoms with van der Waals surface area (Å²) in [7, 11) is 0. The molecule has 0 saturated heterocycles. The van der Waals surface area contributed by atoms with Crippen molar-refractivity contribution >= 4 is 11.9 Å². The number of ether oxygens (including phenoxy) is 1. The first-order valence-corrected chi connectivity index (χ1v) is 5.58. The topological polar surface area (TPSA) is 66.8 Å². The Hall–Kier alpha value is -1.10. The van der Waals surface area contributed by atoms with Crippen LogP contribution in [0.15, 0.2) is 0 Å². The molecule has 0 heterocycles. The Labute approximate surface area is 96.4 Å². The maximum atomic E-state index is 11.7. The molecule has 0 radical (unpaired) electrons. The molecule has 1 N–H and O–H groups in total. The van der Waals surface area contributed by atoms with Gasteiger partial charge in [-0.05, 0) is 27.2 Å². The maximum absolute atomic E-state index is 11.7. The number of carboxylic acid groups (broad SMARTS) is 1. The first-order chi connectivity index (χ1) is 7.49. The molecular weight excluding hydrogens is 210 g/mol. The van der Waals surface area contributed by atoms with E-state index in [2.05, 4.69) is 0 Å². The van der Waals surface area contributed by atoms with E-state index in [4.69, 9.17) is 9.84 Å². The van der Waals surface area contributed by atoms with Gasteiger partial charge in [-0.25, -0.2) is 0 Å². The molecular formula is C11H21NO4. The second kappa shape index (κ2) is 8.10.